The van der Waals surface area contributed by atoms with Crippen LogP contribution in [0.4, 0.5) is 0 Å². The molecule has 3 N–H and O–H groups in total. The lowest BCUT2D eigenvalue weighted by atomic mass is 10.2. The van der Waals surface area contributed by atoms with Crippen LogP contribution in [-0.4, -0.2) is 35.0 Å². The number of benzene rings is 2. The van der Waals surface area contributed by atoms with Crippen molar-refractivity contribution in [3.8, 4) is 0 Å². The highest BCUT2D eigenvalue weighted by molar-refractivity contribution is 7.93. The van der Waals surface area contributed by atoms with Crippen molar-refractivity contribution in [1.29, 1.82) is 0 Å². The zero-order chi connectivity index (χ0) is 21.8. The Morgan fingerprint density at radius 1 is 0.867 bits per heavy atom. The van der Waals surface area contributed by atoms with Crippen LogP contribution in [0.2, 0.25) is 0 Å². The molecule has 0 saturated heterocycles. The molecule has 7 nitrogen and oxygen atoms in total. The Morgan fingerprint density at radius 3 is 2.10 bits per heavy atom. The molecule has 0 spiro atoms. The van der Waals surface area contributed by atoms with E-state index in [-0.39, 0.29) is 38.7 Å². The molecular formula is C20H20N2O5S3. The summed E-state index contributed by atoms with van der Waals surface area (Å²) in [5, 5.41) is 2.57. The number of nitrogens with two attached hydrogens (primary N) is 1. The second-order valence-corrected chi connectivity index (χ2v) is 11.8. The number of nitrogens with one attached hydrogen (secondary N) is 1. The van der Waals surface area contributed by atoms with Gasteiger partial charge in [0.25, 0.3) is 5.91 Å². The van der Waals surface area contributed by atoms with E-state index in [2.05, 4.69) is 5.32 Å². The van der Waals surface area contributed by atoms with E-state index in [4.69, 9.17) is 5.73 Å². The number of carbonyl (C=O) groups excluding carboxylic acids is 1. The molecule has 0 bridgehead atoms. The molecule has 30 heavy (non-hydrogen) atoms. The maximum Gasteiger partial charge on any atom is 0.251 e. The van der Waals surface area contributed by atoms with Gasteiger partial charge in [-0.15, -0.1) is 11.3 Å². The van der Waals surface area contributed by atoms with Gasteiger partial charge in [-0.2, -0.15) is 0 Å². The van der Waals surface area contributed by atoms with E-state index in [0.717, 1.165) is 16.2 Å². The summed E-state index contributed by atoms with van der Waals surface area (Å²) in [5.41, 5.74) is 5.97. The lowest BCUT2D eigenvalue weighted by Crippen LogP contribution is -2.29. The van der Waals surface area contributed by atoms with Crippen molar-refractivity contribution in [1.82, 2.24) is 5.32 Å². The molecule has 0 fully saturated rings. The molecule has 158 valence electrons. The summed E-state index contributed by atoms with van der Waals surface area (Å²) in [6.45, 7) is 0.186. The molecule has 0 unspecified atom stereocenters. The molecule has 0 saturated carbocycles. The largest absolute Gasteiger partial charge is 0.351 e. The number of hydrogen-bond acceptors (Lipinski definition) is 7. The second-order valence-electron chi connectivity index (χ2n) is 6.34. The first-order chi connectivity index (χ1) is 14.2. The fourth-order valence-electron chi connectivity index (χ4n) is 2.66. The zero-order valence-electron chi connectivity index (χ0n) is 15.8. The van der Waals surface area contributed by atoms with E-state index in [9.17, 15) is 21.6 Å². The van der Waals surface area contributed by atoms with Crippen molar-refractivity contribution >= 4 is 36.9 Å². The Morgan fingerprint density at radius 2 is 1.50 bits per heavy atom. The first kappa shape index (κ1) is 22.2. The standard InChI is InChI=1S/C20H20N2O5S3/c21-14-16-6-11-19(28-16)30(26,27)18-9-7-17(8-10-18)29(24,25)13-12-22-20(23)15-4-2-1-3-5-15/h1-11H,12-14,21H2,(H,22,23). The summed E-state index contributed by atoms with van der Waals surface area (Å²) < 4.78 is 50.5. The highest BCUT2D eigenvalue weighted by Crippen LogP contribution is 2.28. The fraction of sp³-hybridized carbons (Fsp3) is 0.150. The summed E-state index contributed by atoms with van der Waals surface area (Å²) in [4.78, 5) is 12.7. The Hall–Kier alpha value is -2.53. The number of hydrogen-bond donors (Lipinski definition) is 2. The SMILES string of the molecule is NCc1ccc(S(=O)(=O)c2ccc(S(=O)(=O)CCNC(=O)c3ccccc3)cc2)s1. The van der Waals surface area contributed by atoms with Gasteiger partial charge in [0, 0.05) is 23.5 Å². The lowest BCUT2D eigenvalue weighted by molar-refractivity contribution is 0.0956. The first-order valence-electron chi connectivity index (χ1n) is 8.94. The van der Waals surface area contributed by atoms with Gasteiger partial charge in [0.15, 0.2) is 9.84 Å². The predicted octanol–water partition coefficient (Wildman–Crippen LogP) is 2.24. The Labute approximate surface area is 179 Å². The third kappa shape index (κ3) is 4.96. The number of rotatable bonds is 8. The molecular weight excluding hydrogens is 444 g/mol. The van der Waals surface area contributed by atoms with Crippen LogP contribution in [-0.2, 0) is 26.2 Å². The Bertz CT molecular complexity index is 1230. The predicted molar refractivity (Wildman–Crippen MR) is 115 cm³/mol. The van der Waals surface area contributed by atoms with Gasteiger partial charge >= 0.3 is 0 Å². The third-order valence-electron chi connectivity index (χ3n) is 4.29. The van der Waals surface area contributed by atoms with Crippen molar-refractivity contribution in [3.63, 3.8) is 0 Å². The second kappa shape index (κ2) is 9.09. The molecule has 0 radical (unpaired) electrons. The molecule has 0 atom stereocenters. The van der Waals surface area contributed by atoms with Crippen LogP contribution in [0.25, 0.3) is 0 Å². The van der Waals surface area contributed by atoms with Gasteiger partial charge in [0.2, 0.25) is 9.84 Å². The van der Waals surface area contributed by atoms with Crippen molar-refractivity contribution in [2.75, 3.05) is 12.3 Å². The summed E-state index contributed by atoms with van der Waals surface area (Å²) in [5.74, 6) is -0.664. The van der Waals surface area contributed by atoms with Gasteiger partial charge in [0.05, 0.1) is 15.5 Å². The average Bonchev–Trinajstić information content (AvgIpc) is 3.24. The van der Waals surface area contributed by atoms with Crippen LogP contribution in [0.5, 0.6) is 0 Å². The molecule has 0 aliphatic carbocycles. The smallest absolute Gasteiger partial charge is 0.251 e. The number of thiophene rings is 1. The normalized spacial score (nSPS) is 11.9. The molecule has 2 aromatic carbocycles. The molecule has 0 aliphatic rings. The summed E-state index contributed by atoms with van der Waals surface area (Å²) >= 11 is 1.08. The molecule has 1 amide bonds. The quantitative estimate of drug-likeness (QED) is 0.527. The van der Waals surface area contributed by atoms with Gasteiger partial charge in [0.1, 0.15) is 4.21 Å². The van der Waals surface area contributed by atoms with E-state index in [1.165, 1.54) is 30.3 Å². The molecule has 3 aromatic rings. The van der Waals surface area contributed by atoms with Gasteiger partial charge < -0.3 is 11.1 Å². The average molecular weight is 465 g/mol. The van der Waals surface area contributed by atoms with Gasteiger partial charge in [-0.3, -0.25) is 4.79 Å². The Kier molecular flexibility index (Phi) is 6.71. The van der Waals surface area contributed by atoms with Crippen LogP contribution in [0.15, 0.2) is 80.7 Å². The molecule has 3 rings (SSSR count). The number of sulfone groups is 2. The minimum Gasteiger partial charge on any atom is -0.351 e. The Balaban J connectivity index is 1.68. The van der Waals surface area contributed by atoms with Gasteiger partial charge in [-0.05, 0) is 48.5 Å². The summed E-state index contributed by atoms with van der Waals surface area (Å²) in [7, 11) is -7.43. The maximum absolute atomic E-state index is 12.7. The minimum absolute atomic E-state index is 0.00394. The van der Waals surface area contributed by atoms with E-state index in [1.807, 2.05) is 0 Å². The monoisotopic (exact) mass is 464 g/mol. The van der Waals surface area contributed by atoms with E-state index >= 15 is 0 Å². The van der Waals surface area contributed by atoms with Crippen LogP contribution in [0.1, 0.15) is 15.2 Å². The van der Waals surface area contributed by atoms with E-state index in [0.29, 0.717) is 5.56 Å². The maximum atomic E-state index is 12.7. The highest BCUT2D eigenvalue weighted by Gasteiger charge is 2.22. The third-order valence-corrected chi connectivity index (χ3v) is 9.39. The van der Waals surface area contributed by atoms with Crippen molar-refractivity contribution in [3.05, 3.63) is 77.2 Å². The highest BCUT2D eigenvalue weighted by atomic mass is 32.2. The van der Waals surface area contributed by atoms with Gasteiger partial charge in [-0.1, -0.05) is 18.2 Å². The van der Waals surface area contributed by atoms with Crippen LogP contribution in [0.3, 0.4) is 0 Å². The van der Waals surface area contributed by atoms with E-state index in [1.54, 1.807) is 36.4 Å². The lowest BCUT2D eigenvalue weighted by Gasteiger charge is -2.08. The van der Waals surface area contributed by atoms with Crippen molar-refractivity contribution in [2.24, 2.45) is 5.73 Å². The summed E-state index contributed by atoms with van der Waals surface area (Å²) in [6, 6.07) is 16.7. The fourth-order valence-corrected chi connectivity index (χ4v) is 6.46. The van der Waals surface area contributed by atoms with Crippen molar-refractivity contribution in [2.45, 2.75) is 20.5 Å². The number of carbonyl (C=O) groups is 1. The van der Waals surface area contributed by atoms with Crippen LogP contribution >= 0.6 is 11.3 Å². The van der Waals surface area contributed by atoms with Crippen LogP contribution in [0, 0.1) is 0 Å². The van der Waals surface area contributed by atoms with Crippen molar-refractivity contribution < 1.29 is 21.6 Å². The minimum atomic E-state index is -3.74. The zero-order valence-corrected chi connectivity index (χ0v) is 18.3. The molecule has 1 heterocycles. The summed E-state index contributed by atoms with van der Waals surface area (Å²) in [6.07, 6.45) is 0. The van der Waals surface area contributed by atoms with E-state index < -0.39 is 19.7 Å². The van der Waals surface area contributed by atoms with Crippen LogP contribution < -0.4 is 11.1 Å². The molecule has 1 aromatic heterocycles. The first-order valence-corrected chi connectivity index (χ1v) is 12.9. The molecule has 0 aliphatic heterocycles. The number of amides is 1. The molecule has 10 heteroatoms. The topological polar surface area (TPSA) is 123 Å². The van der Waals surface area contributed by atoms with Gasteiger partial charge in [-0.25, -0.2) is 16.8 Å².